The molecule has 6 nitrogen and oxygen atoms in total. The molecule has 1 fully saturated rings. The van der Waals surface area contributed by atoms with Gasteiger partial charge < -0.3 is 21.7 Å². The Morgan fingerprint density at radius 2 is 1.35 bits per heavy atom. The fourth-order valence-corrected chi connectivity index (χ4v) is 3.09. The van der Waals surface area contributed by atoms with Crippen molar-refractivity contribution in [1.29, 1.82) is 0 Å². The third-order valence-electron chi connectivity index (χ3n) is 4.36. The van der Waals surface area contributed by atoms with Crippen LogP contribution in [0.5, 0.6) is 0 Å². The predicted octanol–water partition coefficient (Wildman–Crippen LogP) is 4.05. The largest absolute Gasteiger partial charge is 0.328 e. The van der Waals surface area contributed by atoms with Gasteiger partial charge in [-0.3, -0.25) is 4.79 Å². The van der Waals surface area contributed by atoms with Crippen LogP contribution in [-0.2, 0) is 4.79 Å². The molecule has 26 heavy (non-hydrogen) atoms. The van der Waals surface area contributed by atoms with Gasteiger partial charge in [0.25, 0.3) is 0 Å². The Morgan fingerprint density at radius 1 is 0.846 bits per heavy atom. The van der Waals surface area contributed by atoms with E-state index in [9.17, 15) is 9.59 Å². The van der Waals surface area contributed by atoms with Crippen molar-refractivity contribution in [3.8, 4) is 0 Å². The highest BCUT2D eigenvalue weighted by Crippen LogP contribution is 2.25. The molecule has 0 aliphatic heterocycles. The second-order valence-corrected chi connectivity index (χ2v) is 6.86. The number of hydrogen-bond acceptors (Lipinski definition) is 3. The highest BCUT2D eigenvalue weighted by Gasteiger charge is 2.27. The molecule has 0 radical (unpaired) electrons. The molecule has 0 spiro atoms. The Balaban J connectivity index is 1.51. The van der Waals surface area contributed by atoms with Gasteiger partial charge in [0.05, 0.1) is 0 Å². The maximum absolute atomic E-state index is 12.2. The van der Waals surface area contributed by atoms with Gasteiger partial charge in [0.2, 0.25) is 5.91 Å². The first kappa shape index (κ1) is 18.2. The van der Waals surface area contributed by atoms with Gasteiger partial charge in [-0.05, 0) is 67.8 Å². The first-order valence-corrected chi connectivity index (χ1v) is 8.87. The lowest BCUT2D eigenvalue weighted by Crippen LogP contribution is -2.23. The Labute approximate surface area is 157 Å². The van der Waals surface area contributed by atoms with Crippen molar-refractivity contribution >= 4 is 40.6 Å². The summed E-state index contributed by atoms with van der Waals surface area (Å²) in [5.74, 6) is -0.0212. The standard InChI is InChI=1S/C19H21ClN4O2/c20-13-2-5-16(6-3-13)23-19(26)24-17-9-7-15(8-10-17)22-18(25)12-1-4-14(21)11-12/h2-3,5-10,12,14H,1,4,11,21H2,(H,22,25)(H2,23,24,26). The monoisotopic (exact) mass is 372 g/mol. The average molecular weight is 373 g/mol. The van der Waals surface area contributed by atoms with Crippen LogP contribution in [0.15, 0.2) is 48.5 Å². The number of benzene rings is 2. The third-order valence-corrected chi connectivity index (χ3v) is 4.61. The van der Waals surface area contributed by atoms with Crippen LogP contribution in [0.3, 0.4) is 0 Å². The maximum Gasteiger partial charge on any atom is 0.323 e. The molecule has 2 aromatic rings. The van der Waals surface area contributed by atoms with E-state index in [-0.39, 0.29) is 23.9 Å². The van der Waals surface area contributed by atoms with Crippen LogP contribution in [0.25, 0.3) is 0 Å². The van der Waals surface area contributed by atoms with Crippen molar-refractivity contribution in [3.05, 3.63) is 53.6 Å². The predicted molar refractivity (Wildman–Crippen MR) is 104 cm³/mol. The van der Waals surface area contributed by atoms with Crippen LogP contribution in [0, 0.1) is 5.92 Å². The fraction of sp³-hybridized carbons (Fsp3) is 0.263. The molecule has 0 bridgehead atoms. The number of amides is 3. The van der Waals surface area contributed by atoms with Gasteiger partial charge in [0.1, 0.15) is 0 Å². The zero-order valence-electron chi connectivity index (χ0n) is 14.2. The van der Waals surface area contributed by atoms with E-state index >= 15 is 0 Å². The molecule has 1 saturated carbocycles. The lowest BCUT2D eigenvalue weighted by Gasteiger charge is -2.12. The Morgan fingerprint density at radius 3 is 1.85 bits per heavy atom. The Hall–Kier alpha value is -2.57. The molecular weight excluding hydrogens is 352 g/mol. The van der Waals surface area contributed by atoms with Crippen LogP contribution >= 0.6 is 11.6 Å². The number of urea groups is 1. The molecule has 7 heteroatoms. The zero-order valence-corrected chi connectivity index (χ0v) is 14.9. The zero-order chi connectivity index (χ0) is 18.5. The average Bonchev–Trinajstić information content (AvgIpc) is 3.05. The molecule has 2 unspecified atom stereocenters. The van der Waals surface area contributed by atoms with Crippen molar-refractivity contribution in [1.82, 2.24) is 0 Å². The molecule has 0 saturated heterocycles. The first-order chi connectivity index (χ1) is 12.5. The quantitative estimate of drug-likeness (QED) is 0.651. The van der Waals surface area contributed by atoms with E-state index in [1.54, 1.807) is 48.5 Å². The number of nitrogens with two attached hydrogens (primary N) is 1. The maximum atomic E-state index is 12.2. The van der Waals surface area contributed by atoms with Crippen molar-refractivity contribution in [3.63, 3.8) is 0 Å². The summed E-state index contributed by atoms with van der Waals surface area (Å²) in [5, 5.41) is 8.95. The minimum atomic E-state index is -0.357. The summed E-state index contributed by atoms with van der Waals surface area (Å²) in [6, 6.07) is 13.6. The molecule has 5 N–H and O–H groups in total. The van der Waals surface area contributed by atoms with E-state index in [1.807, 2.05) is 0 Å². The summed E-state index contributed by atoms with van der Waals surface area (Å²) in [7, 11) is 0. The van der Waals surface area contributed by atoms with E-state index in [1.165, 1.54) is 0 Å². The van der Waals surface area contributed by atoms with E-state index in [0.717, 1.165) is 19.3 Å². The van der Waals surface area contributed by atoms with Crippen LogP contribution in [0.2, 0.25) is 5.02 Å². The summed E-state index contributed by atoms with van der Waals surface area (Å²) < 4.78 is 0. The van der Waals surface area contributed by atoms with Crippen molar-refractivity contribution in [2.75, 3.05) is 16.0 Å². The van der Waals surface area contributed by atoms with Crippen LogP contribution in [-0.4, -0.2) is 18.0 Å². The van der Waals surface area contributed by atoms with Crippen LogP contribution in [0.1, 0.15) is 19.3 Å². The van der Waals surface area contributed by atoms with Gasteiger partial charge >= 0.3 is 6.03 Å². The first-order valence-electron chi connectivity index (χ1n) is 8.49. The third kappa shape index (κ3) is 4.97. The lowest BCUT2D eigenvalue weighted by atomic mass is 10.1. The lowest BCUT2D eigenvalue weighted by molar-refractivity contribution is -0.119. The van der Waals surface area contributed by atoms with E-state index < -0.39 is 0 Å². The summed E-state index contributed by atoms with van der Waals surface area (Å²) in [4.78, 5) is 24.2. The molecule has 3 rings (SSSR count). The normalized spacial score (nSPS) is 19.0. The molecule has 3 amide bonds. The Kier molecular flexibility index (Phi) is 5.75. The summed E-state index contributed by atoms with van der Waals surface area (Å²) in [6.07, 6.45) is 2.46. The fourth-order valence-electron chi connectivity index (χ4n) is 2.96. The van der Waals surface area contributed by atoms with Gasteiger partial charge in [-0.1, -0.05) is 11.6 Å². The van der Waals surface area contributed by atoms with Crippen molar-refractivity contribution in [2.24, 2.45) is 11.7 Å². The van der Waals surface area contributed by atoms with E-state index in [2.05, 4.69) is 16.0 Å². The second kappa shape index (κ2) is 8.21. The molecule has 0 aromatic heterocycles. The Bertz CT molecular complexity index is 777. The minimum absolute atomic E-state index is 0.000796. The van der Waals surface area contributed by atoms with Gasteiger partial charge in [-0.2, -0.15) is 0 Å². The number of carbonyl (C=O) groups excluding carboxylic acids is 2. The highest BCUT2D eigenvalue weighted by molar-refractivity contribution is 6.30. The summed E-state index contributed by atoms with van der Waals surface area (Å²) >= 11 is 5.81. The van der Waals surface area contributed by atoms with Gasteiger partial charge in [0, 0.05) is 34.0 Å². The van der Waals surface area contributed by atoms with Gasteiger partial charge in [0.15, 0.2) is 0 Å². The molecule has 1 aliphatic carbocycles. The van der Waals surface area contributed by atoms with E-state index in [4.69, 9.17) is 17.3 Å². The van der Waals surface area contributed by atoms with Gasteiger partial charge in [-0.25, -0.2) is 4.79 Å². The van der Waals surface area contributed by atoms with Crippen molar-refractivity contribution in [2.45, 2.75) is 25.3 Å². The highest BCUT2D eigenvalue weighted by atomic mass is 35.5. The number of rotatable bonds is 4. The molecule has 2 atom stereocenters. The van der Waals surface area contributed by atoms with Crippen LogP contribution in [0.4, 0.5) is 21.9 Å². The molecule has 136 valence electrons. The summed E-state index contributed by atoms with van der Waals surface area (Å²) in [5.41, 5.74) is 7.81. The number of halogens is 1. The molecule has 0 heterocycles. The molecule has 1 aliphatic rings. The number of carbonyl (C=O) groups is 2. The van der Waals surface area contributed by atoms with Crippen molar-refractivity contribution < 1.29 is 9.59 Å². The summed E-state index contributed by atoms with van der Waals surface area (Å²) in [6.45, 7) is 0. The number of nitrogens with one attached hydrogen (secondary N) is 3. The topological polar surface area (TPSA) is 96.2 Å². The second-order valence-electron chi connectivity index (χ2n) is 6.42. The molecule has 2 aromatic carbocycles. The smallest absolute Gasteiger partial charge is 0.323 e. The minimum Gasteiger partial charge on any atom is -0.328 e. The van der Waals surface area contributed by atoms with Gasteiger partial charge in [-0.15, -0.1) is 0 Å². The van der Waals surface area contributed by atoms with Crippen LogP contribution < -0.4 is 21.7 Å². The number of anilines is 3. The SMILES string of the molecule is NC1CCC(C(=O)Nc2ccc(NC(=O)Nc3ccc(Cl)cc3)cc2)C1. The number of hydrogen-bond donors (Lipinski definition) is 4. The van der Waals surface area contributed by atoms with E-state index in [0.29, 0.717) is 22.1 Å². The molecular formula is C19H21ClN4O2.